The fourth-order valence-corrected chi connectivity index (χ4v) is 5.22. The van der Waals surface area contributed by atoms with Gasteiger partial charge < -0.3 is 5.32 Å². The molecule has 1 saturated carbocycles. The van der Waals surface area contributed by atoms with Gasteiger partial charge in [-0.05, 0) is 67.6 Å². The number of sulfonamides is 1. The van der Waals surface area contributed by atoms with E-state index in [1.165, 1.54) is 4.31 Å². The number of carbonyl (C=O) groups excluding carboxylic acids is 1. The maximum absolute atomic E-state index is 12.8. The second-order valence-corrected chi connectivity index (χ2v) is 9.55. The Labute approximate surface area is 164 Å². The predicted octanol–water partition coefficient (Wildman–Crippen LogP) is 3.79. The maximum Gasteiger partial charge on any atom is 0.243 e. The normalized spacial score (nSPS) is 19.0. The molecule has 1 aliphatic heterocycles. The van der Waals surface area contributed by atoms with Gasteiger partial charge in [0, 0.05) is 23.8 Å². The maximum atomic E-state index is 12.8. The van der Waals surface area contributed by atoms with Gasteiger partial charge in [-0.2, -0.15) is 4.31 Å². The molecular formula is C20H21ClN2O3S. The Morgan fingerprint density at radius 1 is 0.963 bits per heavy atom. The van der Waals surface area contributed by atoms with Gasteiger partial charge in [0.25, 0.3) is 0 Å². The average molecular weight is 405 g/mol. The lowest BCUT2D eigenvalue weighted by atomic mass is 9.95. The molecule has 7 heteroatoms. The molecule has 2 aliphatic rings. The number of rotatable bonds is 5. The van der Waals surface area contributed by atoms with Crippen molar-refractivity contribution in [3.63, 3.8) is 0 Å². The summed E-state index contributed by atoms with van der Waals surface area (Å²) in [6, 6.07) is 13.8. The molecular weight excluding hydrogens is 384 g/mol. The number of anilines is 1. The van der Waals surface area contributed by atoms with Crippen molar-refractivity contribution in [3.05, 3.63) is 59.1 Å². The molecule has 0 aromatic heterocycles. The number of amides is 1. The SMILES string of the molecule is O=C(Nc1ccc(S(=O)(=O)N2CCCC2)cc1)C1(c2ccc(Cl)cc2)CC1. The largest absolute Gasteiger partial charge is 0.325 e. The number of benzene rings is 2. The highest BCUT2D eigenvalue weighted by molar-refractivity contribution is 7.89. The van der Waals surface area contributed by atoms with Gasteiger partial charge in [-0.25, -0.2) is 8.42 Å². The number of halogens is 1. The quantitative estimate of drug-likeness (QED) is 0.824. The third kappa shape index (κ3) is 3.49. The zero-order valence-electron chi connectivity index (χ0n) is 14.8. The summed E-state index contributed by atoms with van der Waals surface area (Å²) in [4.78, 5) is 13.1. The van der Waals surface area contributed by atoms with Crippen molar-refractivity contribution in [2.75, 3.05) is 18.4 Å². The van der Waals surface area contributed by atoms with E-state index >= 15 is 0 Å². The summed E-state index contributed by atoms with van der Waals surface area (Å²) < 4.78 is 26.7. The van der Waals surface area contributed by atoms with Crippen LogP contribution in [0.5, 0.6) is 0 Å². The van der Waals surface area contributed by atoms with E-state index in [1.807, 2.05) is 12.1 Å². The zero-order chi connectivity index (χ0) is 19.1. The summed E-state index contributed by atoms with van der Waals surface area (Å²) in [7, 11) is -3.44. The molecule has 1 N–H and O–H groups in total. The summed E-state index contributed by atoms with van der Waals surface area (Å²) in [5.41, 5.74) is 1.04. The molecule has 2 aromatic carbocycles. The van der Waals surface area contributed by atoms with Crippen LogP contribution >= 0.6 is 11.6 Å². The van der Waals surface area contributed by atoms with E-state index < -0.39 is 15.4 Å². The highest BCUT2D eigenvalue weighted by Crippen LogP contribution is 2.49. The van der Waals surface area contributed by atoms with Crippen LogP contribution < -0.4 is 5.32 Å². The van der Waals surface area contributed by atoms with Crippen molar-refractivity contribution >= 4 is 33.2 Å². The van der Waals surface area contributed by atoms with Crippen LogP contribution in [0.2, 0.25) is 5.02 Å². The van der Waals surface area contributed by atoms with E-state index in [1.54, 1.807) is 36.4 Å². The minimum atomic E-state index is -3.44. The van der Waals surface area contributed by atoms with Crippen molar-refractivity contribution in [1.29, 1.82) is 0 Å². The third-order valence-electron chi connectivity index (χ3n) is 5.40. The number of nitrogens with zero attached hydrogens (tertiary/aromatic N) is 1. The van der Waals surface area contributed by atoms with Crippen LogP contribution in [0.3, 0.4) is 0 Å². The first kappa shape index (κ1) is 18.5. The Hall–Kier alpha value is -1.89. The summed E-state index contributed by atoms with van der Waals surface area (Å²) in [5.74, 6) is -0.0695. The van der Waals surface area contributed by atoms with Crippen LogP contribution in [0.25, 0.3) is 0 Å². The first-order valence-electron chi connectivity index (χ1n) is 9.10. The Bertz CT molecular complexity index is 946. The van der Waals surface area contributed by atoms with Gasteiger partial charge in [-0.1, -0.05) is 23.7 Å². The lowest BCUT2D eigenvalue weighted by Gasteiger charge is -2.17. The van der Waals surface area contributed by atoms with E-state index in [4.69, 9.17) is 11.6 Å². The molecule has 1 aliphatic carbocycles. The van der Waals surface area contributed by atoms with Gasteiger partial charge in [0.1, 0.15) is 0 Å². The molecule has 27 heavy (non-hydrogen) atoms. The van der Waals surface area contributed by atoms with Crippen molar-refractivity contribution < 1.29 is 13.2 Å². The molecule has 1 saturated heterocycles. The summed E-state index contributed by atoms with van der Waals surface area (Å²) in [6.07, 6.45) is 3.39. The first-order chi connectivity index (χ1) is 12.9. The number of hydrogen-bond donors (Lipinski definition) is 1. The molecule has 2 fully saturated rings. The Balaban J connectivity index is 1.48. The fourth-order valence-electron chi connectivity index (χ4n) is 3.58. The molecule has 1 amide bonds. The molecule has 2 aromatic rings. The van der Waals surface area contributed by atoms with Crippen LogP contribution in [0, 0.1) is 0 Å². The molecule has 142 valence electrons. The van der Waals surface area contributed by atoms with Gasteiger partial charge in [0.15, 0.2) is 0 Å². The molecule has 0 bridgehead atoms. The van der Waals surface area contributed by atoms with Crippen molar-refractivity contribution in [3.8, 4) is 0 Å². The summed E-state index contributed by atoms with van der Waals surface area (Å²) >= 11 is 5.94. The van der Waals surface area contributed by atoms with Gasteiger partial charge >= 0.3 is 0 Å². The van der Waals surface area contributed by atoms with Gasteiger partial charge in [-0.3, -0.25) is 4.79 Å². The Morgan fingerprint density at radius 2 is 1.56 bits per heavy atom. The molecule has 5 nitrogen and oxygen atoms in total. The van der Waals surface area contributed by atoms with Crippen LogP contribution in [-0.2, 0) is 20.2 Å². The monoisotopic (exact) mass is 404 g/mol. The smallest absolute Gasteiger partial charge is 0.243 e. The average Bonchev–Trinajstić information content (AvgIpc) is 3.28. The van der Waals surface area contributed by atoms with Crippen LogP contribution in [0.4, 0.5) is 5.69 Å². The molecule has 0 unspecified atom stereocenters. The second kappa shape index (κ2) is 6.93. The van der Waals surface area contributed by atoms with Gasteiger partial charge in [0.2, 0.25) is 15.9 Å². The first-order valence-corrected chi connectivity index (χ1v) is 10.9. The zero-order valence-corrected chi connectivity index (χ0v) is 16.4. The number of hydrogen-bond acceptors (Lipinski definition) is 3. The van der Waals surface area contributed by atoms with Crippen molar-refractivity contribution in [1.82, 2.24) is 4.31 Å². The van der Waals surface area contributed by atoms with E-state index in [0.717, 1.165) is 31.2 Å². The number of carbonyl (C=O) groups is 1. The van der Waals surface area contributed by atoms with Gasteiger partial charge in [-0.15, -0.1) is 0 Å². The number of nitrogens with one attached hydrogen (secondary N) is 1. The third-order valence-corrected chi connectivity index (χ3v) is 7.56. The summed E-state index contributed by atoms with van der Waals surface area (Å²) in [6.45, 7) is 1.15. The summed E-state index contributed by atoms with van der Waals surface area (Å²) in [5, 5.41) is 3.57. The topological polar surface area (TPSA) is 66.5 Å². The van der Waals surface area contributed by atoms with Crippen LogP contribution in [0.1, 0.15) is 31.2 Å². The van der Waals surface area contributed by atoms with Crippen molar-refractivity contribution in [2.24, 2.45) is 0 Å². The molecule has 0 spiro atoms. The molecule has 1 heterocycles. The highest BCUT2D eigenvalue weighted by Gasteiger charge is 2.51. The minimum absolute atomic E-state index is 0.0695. The van der Waals surface area contributed by atoms with E-state index in [-0.39, 0.29) is 10.8 Å². The van der Waals surface area contributed by atoms with Gasteiger partial charge in [0.05, 0.1) is 10.3 Å². The van der Waals surface area contributed by atoms with Crippen LogP contribution in [0.15, 0.2) is 53.4 Å². The Kier molecular flexibility index (Phi) is 4.74. The minimum Gasteiger partial charge on any atom is -0.325 e. The second-order valence-electron chi connectivity index (χ2n) is 7.18. The van der Waals surface area contributed by atoms with Crippen molar-refractivity contribution in [2.45, 2.75) is 36.0 Å². The van der Waals surface area contributed by atoms with E-state index in [2.05, 4.69) is 5.32 Å². The fraction of sp³-hybridized carbons (Fsp3) is 0.350. The van der Waals surface area contributed by atoms with Crippen LogP contribution in [-0.4, -0.2) is 31.7 Å². The Morgan fingerprint density at radius 3 is 2.11 bits per heavy atom. The molecule has 0 atom stereocenters. The molecule has 4 rings (SSSR count). The van der Waals surface area contributed by atoms with E-state index in [9.17, 15) is 13.2 Å². The highest BCUT2D eigenvalue weighted by atomic mass is 35.5. The molecule has 0 radical (unpaired) electrons. The predicted molar refractivity (Wildman–Crippen MR) is 105 cm³/mol. The van der Waals surface area contributed by atoms with E-state index in [0.29, 0.717) is 23.8 Å². The standard InChI is InChI=1S/C20H21ClN2O3S/c21-16-5-3-15(4-6-16)20(11-12-20)19(24)22-17-7-9-18(10-8-17)27(25,26)23-13-1-2-14-23/h3-10H,1-2,11-14H2,(H,22,24). The lowest BCUT2D eigenvalue weighted by molar-refractivity contribution is -0.118. The lowest BCUT2D eigenvalue weighted by Crippen LogP contribution is -2.28.